The first-order valence-electron chi connectivity index (χ1n) is 14.0. The molecule has 0 bridgehead atoms. The Hall–Kier alpha value is -1.09. The van der Waals surface area contributed by atoms with Crippen LogP contribution in [0.15, 0.2) is 23.3 Å². The highest BCUT2D eigenvalue weighted by atomic mass is 16.4. The predicted octanol–water partition coefficient (Wildman–Crippen LogP) is 7.79. The number of aliphatic carboxylic acids is 1. The summed E-state index contributed by atoms with van der Waals surface area (Å²) in [7, 11) is 0. The number of rotatable bonds is 6. The van der Waals surface area contributed by atoms with E-state index in [4.69, 9.17) is 0 Å². The second-order valence-corrected chi connectivity index (χ2v) is 14.0. The number of aliphatic hydroxyl groups is 1. The zero-order valence-electron chi connectivity index (χ0n) is 23.0. The van der Waals surface area contributed by atoms with E-state index in [1.165, 1.54) is 5.57 Å². The maximum absolute atomic E-state index is 12.5. The van der Waals surface area contributed by atoms with Gasteiger partial charge in [0.2, 0.25) is 0 Å². The average Bonchev–Trinajstić information content (AvgIpc) is 3.02. The number of allylic oxidation sites excluding steroid dienone is 3. The molecule has 0 unspecified atom stereocenters. The number of carboxylic acid groups (broad SMARTS) is 1. The van der Waals surface area contributed by atoms with E-state index in [1.54, 1.807) is 11.1 Å². The first-order valence-corrected chi connectivity index (χ1v) is 14.0. The monoisotopic (exact) mass is 470 g/mol. The predicted molar refractivity (Wildman–Crippen MR) is 139 cm³/mol. The molecule has 3 heteroatoms. The van der Waals surface area contributed by atoms with Gasteiger partial charge in [-0.2, -0.15) is 0 Å². The Morgan fingerprint density at radius 3 is 2.29 bits per heavy atom. The molecule has 0 spiro atoms. The molecule has 0 aromatic carbocycles. The Balaban J connectivity index is 1.67. The van der Waals surface area contributed by atoms with Crippen LogP contribution in [0.2, 0.25) is 0 Å². The Bertz CT molecular complexity index is 881. The van der Waals surface area contributed by atoms with Crippen molar-refractivity contribution in [1.29, 1.82) is 0 Å². The SMILES string of the molecule is C=C(CC[C@@H](C(=O)O)[C@H]1CC[C@@]2(C)C3=C(CC[C@]12C)[C@@]1(C)CC[C@@H](O)C(C)(C)[C@@H]1CC3)C(C)C. The molecule has 2 fully saturated rings. The van der Waals surface area contributed by atoms with Crippen molar-refractivity contribution < 1.29 is 15.0 Å². The molecule has 2 N–H and O–H groups in total. The number of carbonyl (C=O) groups is 1. The highest BCUT2D eigenvalue weighted by Crippen LogP contribution is 2.72. The Morgan fingerprint density at radius 1 is 1.00 bits per heavy atom. The van der Waals surface area contributed by atoms with Crippen LogP contribution in [-0.4, -0.2) is 22.3 Å². The van der Waals surface area contributed by atoms with Crippen LogP contribution in [0.5, 0.6) is 0 Å². The molecule has 2 saturated carbocycles. The summed E-state index contributed by atoms with van der Waals surface area (Å²) in [5, 5.41) is 21.1. The van der Waals surface area contributed by atoms with E-state index in [-0.39, 0.29) is 39.6 Å². The summed E-state index contributed by atoms with van der Waals surface area (Å²) in [6, 6.07) is 0. The Labute approximate surface area is 208 Å². The van der Waals surface area contributed by atoms with E-state index in [0.717, 1.165) is 64.2 Å². The lowest BCUT2D eigenvalue weighted by molar-refractivity contribution is -0.146. The molecular weight excluding hydrogens is 420 g/mol. The van der Waals surface area contributed by atoms with Crippen LogP contribution >= 0.6 is 0 Å². The van der Waals surface area contributed by atoms with E-state index in [1.807, 2.05) is 0 Å². The van der Waals surface area contributed by atoms with E-state index in [2.05, 4.69) is 55.0 Å². The summed E-state index contributed by atoms with van der Waals surface area (Å²) in [5.41, 5.74) is 4.84. The summed E-state index contributed by atoms with van der Waals surface area (Å²) in [5.74, 6) is 0.293. The summed E-state index contributed by atoms with van der Waals surface area (Å²) < 4.78 is 0. The molecular formula is C31H50O3. The molecule has 0 heterocycles. The number of carboxylic acids is 1. The van der Waals surface area contributed by atoms with Crippen LogP contribution in [0, 0.1) is 45.3 Å². The second-order valence-electron chi connectivity index (χ2n) is 14.0. The quantitative estimate of drug-likeness (QED) is 0.389. The molecule has 4 aliphatic carbocycles. The Morgan fingerprint density at radius 2 is 1.68 bits per heavy atom. The van der Waals surface area contributed by atoms with E-state index in [9.17, 15) is 15.0 Å². The van der Waals surface area contributed by atoms with Gasteiger partial charge in [0, 0.05) is 0 Å². The van der Waals surface area contributed by atoms with Gasteiger partial charge in [-0.1, -0.05) is 71.8 Å². The molecule has 0 radical (unpaired) electrons. The van der Waals surface area contributed by atoms with Crippen molar-refractivity contribution in [3.05, 3.63) is 23.3 Å². The van der Waals surface area contributed by atoms with Crippen LogP contribution in [0.4, 0.5) is 0 Å². The molecule has 192 valence electrons. The molecule has 0 saturated heterocycles. The van der Waals surface area contributed by atoms with Gasteiger partial charge in [0.15, 0.2) is 0 Å². The lowest BCUT2D eigenvalue weighted by Crippen LogP contribution is -2.55. The number of hydrogen-bond donors (Lipinski definition) is 2. The summed E-state index contributed by atoms with van der Waals surface area (Å²) in [4.78, 5) is 12.5. The molecule has 0 aliphatic heterocycles. The van der Waals surface area contributed by atoms with Crippen LogP contribution < -0.4 is 0 Å². The van der Waals surface area contributed by atoms with Gasteiger partial charge >= 0.3 is 5.97 Å². The minimum Gasteiger partial charge on any atom is -0.481 e. The molecule has 7 atom stereocenters. The first-order chi connectivity index (χ1) is 15.7. The van der Waals surface area contributed by atoms with E-state index in [0.29, 0.717) is 11.8 Å². The third kappa shape index (κ3) is 3.58. The molecule has 0 aromatic rings. The molecule has 4 rings (SSSR count). The summed E-state index contributed by atoms with van der Waals surface area (Å²) in [6.45, 7) is 20.5. The second kappa shape index (κ2) is 8.49. The van der Waals surface area contributed by atoms with Crippen LogP contribution in [0.3, 0.4) is 0 Å². The van der Waals surface area contributed by atoms with Crippen molar-refractivity contribution in [3.8, 4) is 0 Å². The van der Waals surface area contributed by atoms with Crippen molar-refractivity contribution >= 4 is 5.97 Å². The van der Waals surface area contributed by atoms with Crippen molar-refractivity contribution in [2.75, 3.05) is 0 Å². The number of aliphatic hydroxyl groups excluding tert-OH is 1. The van der Waals surface area contributed by atoms with Gasteiger partial charge < -0.3 is 10.2 Å². The fourth-order valence-electron chi connectivity index (χ4n) is 9.49. The average molecular weight is 471 g/mol. The van der Waals surface area contributed by atoms with Gasteiger partial charge in [-0.25, -0.2) is 0 Å². The molecule has 4 aliphatic rings. The molecule has 0 aromatic heterocycles. The van der Waals surface area contributed by atoms with Gasteiger partial charge in [-0.15, -0.1) is 0 Å². The van der Waals surface area contributed by atoms with Crippen LogP contribution in [0.25, 0.3) is 0 Å². The van der Waals surface area contributed by atoms with Gasteiger partial charge in [0.25, 0.3) is 0 Å². The van der Waals surface area contributed by atoms with E-state index >= 15 is 0 Å². The number of fused-ring (bicyclic) bond motifs is 4. The van der Waals surface area contributed by atoms with Crippen LogP contribution in [-0.2, 0) is 4.79 Å². The lowest BCUT2D eigenvalue weighted by Gasteiger charge is -2.62. The van der Waals surface area contributed by atoms with Gasteiger partial charge in [-0.05, 0) is 104 Å². The van der Waals surface area contributed by atoms with Gasteiger partial charge in [0.1, 0.15) is 0 Å². The minimum atomic E-state index is -0.606. The maximum Gasteiger partial charge on any atom is 0.306 e. The topological polar surface area (TPSA) is 57.5 Å². The van der Waals surface area contributed by atoms with Crippen molar-refractivity contribution in [1.82, 2.24) is 0 Å². The van der Waals surface area contributed by atoms with Crippen molar-refractivity contribution in [2.45, 2.75) is 119 Å². The molecule has 3 nitrogen and oxygen atoms in total. The van der Waals surface area contributed by atoms with Crippen molar-refractivity contribution in [2.24, 2.45) is 45.3 Å². The maximum atomic E-state index is 12.5. The first kappa shape index (κ1) is 26.0. The smallest absolute Gasteiger partial charge is 0.306 e. The largest absolute Gasteiger partial charge is 0.481 e. The third-order valence-electron chi connectivity index (χ3n) is 12.2. The highest BCUT2D eigenvalue weighted by molar-refractivity contribution is 5.70. The highest BCUT2D eigenvalue weighted by Gasteiger charge is 2.64. The van der Waals surface area contributed by atoms with Gasteiger partial charge in [0.05, 0.1) is 12.0 Å². The van der Waals surface area contributed by atoms with E-state index < -0.39 is 5.97 Å². The normalized spacial score (nSPS) is 42.1. The zero-order chi connectivity index (χ0) is 25.3. The van der Waals surface area contributed by atoms with Crippen molar-refractivity contribution in [3.63, 3.8) is 0 Å². The van der Waals surface area contributed by atoms with Gasteiger partial charge in [-0.3, -0.25) is 4.79 Å². The minimum absolute atomic E-state index is 0.0426. The fraction of sp³-hybridized carbons (Fsp3) is 0.839. The Kier molecular flexibility index (Phi) is 6.49. The fourth-order valence-corrected chi connectivity index (χ4v) is 9.49. The summed E-state index contributed by atoms with van der Waals surface area (Å²) >= 11 is 0. The zero-order valence-corrected chi connectivity index (χ0v) is 23.0. The lowest BCUT2D eigenvalue weighted by atomic mass is 9.43. The third-order valence-corrected chi connectivity index (χ3v) is 12.2. The summed E-state index contributed by atoms with van der Waals surface area (Å²) in [6.07, 6.45) is 9.98. The number of hydrogen-bond acceptors (Lipinski definition) is 2. The molecule has 0 amide bonds. The standard InChI is InChI=1S/C31H50O3/c1-19(2)20(3)9-10-21(27(33)34)22-13-17-31(8)24-11-12-25-28(4,5)26(32)15-16-29(25,6)23(24)14-18-30(22,31)7/h19,21-22,25-26,32H,3,9-18H2,1-2,4-8H3,(H,33,34)/t21-,22-,25+,26-,29-,30-,31+/m1/s1. The van der Waals surface area contributed by atoms with Crippen LogP contribution in [0.1, 0.15) is 113 Å². The molecule has 34 heavy (non-hydrogen) atoms.